The van der Waals surface area contributed by atoms with Crippen molar-refractivity contribution >= 4 is 51.4 Å². The number of amides is 1. The van der Waals surface area contributed by atoms with Crippen LogP contribution in [0.25, 0.3) is 22.6 Å². The van der Waals surface area contributed by atoms with Crippen molar-refractivity contribution < 1.29 is 14.3 Å². The molecule has 0 aliphatic carbocycles. The number of phenols is 1. The number of aryl methyl sites for hydroxylation is 1. The van der Waals surface area contributed by atoms with Crippen LogP contribution < -0.4 is 10.6 Å². The topological polar surface area (TPSA) is 87.4 Å². The average molecular weight is 409 g/mol. The van der Waals surface area contributed by atoms with Gasteiger partial charge in [-0.05, 0) is 66.5 Å². The number of aromatic nitrogens is 1. The first kappa shape index (κ1) is 18.1. The van der Waals surface area contributed by atoms with E-state index in [1.807, 2.05) is 30.5 Å². The molecule has 140 valence electrons. The molecule has 2 heterocycles. The van der Waals surface area contributed by atoms with Crippen molar-refractivity contribution in [1.29, 1.82) is 0 Å². The number of benzene rings is 2. The number of aromatic hydroxyl groups is 1. The summed E-state index contributed by atoms with van der Waals surface area (Å²) in [4.78, 5) is 17.1. The molecule has 0 atom stereocenters. The number of thiophene rings is 1. The summed E-state index contributed by atoms with van der Waals surface area (Å²) in [6, 6.07) is 14.0. The van der Waals surface area contributed by atoms with E-state index in [-0.39, 0.29) is 16.8 Å². The lowest BCUT2D eigenvalue weighted by Gasteiger charge is -2.10. The fourth-order valence-corrected chi connectivity index (χ4v) is 3.50. The van der Waals surface area contributed by atoms with Gasteiger partial charge in [0.15, 0.2) is 10.7 Å². The lowest BCUT2D eigenvalue weighted by atomic mass is 10.1. The Morgan fingerprint density at radius 2 is 2.07 bits per heavy atom. The molecule has 0 radical (unpaired) electrons. The Morgan fingerprint density at radius 3 is 2.86 bits per heavy atom. The highest BCUT2D eigenvalue weighted by molar-refractivity contribution is 7.80. The van der Waals surface area contributed by atoms with Crippen LogP contribution in [0, 0.1) is 6.92 Å². The van der Waals surface area contributed by atoms with Crippen LogP contribution in [-0.2, 0) is 0 Å². The number of phenolic OH excluding ortho intramolecular Hbond substituents is 1. The summed E-state index contributed by atoms with van der Waals surface area (Å²) in [5.41, 5.74) is 3.42. The molecule has 4 rings (SSSR count). The van der Waals surface area contributed by atoms with Crippen LogP contribution in [0.2, 0.25) is 0 Å². The zero-order valence-electron chi connectivity index (χ0n) is 14.7. The molecule has 2 aromatic carbocycles. The van der Waals surface area contributed by atoms with Gasteiger partial charge in [0.05, 0.1) is 10.4 Å². The van der Waals surface area contributed by atoms with Gasteiger partial charge in [-0.15, -0.1) is 11.3 Å². The number of fused-ring (bicyclic) bond motifs is 1. The van der Waals surface area contributed by atoms with Gasteiger partial charge in [0.25, 0.3) is 5.91 Å². The van der Waals surface area contributed by atoms with E-state index in [1.165, 1.54) is 17.4 Å². The molecule has 8 heteroatoms. The van der Waals surface area contributed by atoms with Crippen molar-refractivity contribution in [2.45, 2.75) is 6.92 Å². The second-order valence-corrected chi connectivity index (χ2v) is 7.46. The minimum absolute atomic E-state index is 0.0300. The van der Waals surface area contributed by atoms with Crippen molar-refractivity contribution in [1.82, 2.24) is 10.3 Å². The Kier molecular flexibility index (Phi) is 4.81. The maximum absolute atomic E-state index is 12.1. The first-order chi connectivity index (χ1) is 13.5. The van der Waals surface area contributed by atoms with Crippen LogP contribution in [0.1, 0.15) is 15.2 Å². The fraction of sp³-hybridized carbons (Fsp3) is 0.0500. The summed E-state index contributed by atoms with van der Waals surface area (Å²) < 4.78 is 5.79. The van der Waals surface area contributed by atoms with Crippen molar-refractivity contribution in [3.8, 4) is 17.2 Å². The van der Waals surface area contributed by atoms with Crippen molar-refractivity contribution in [2.75, 3.05) is 5.32 Å². The van der Waals surface area contributed by atoms with Crippen LogP contribution in [0.4, 0.5) is 5.69 Å². The summed E-state index contributed by atoms with van der Waals surface area (Å²) in [5, 5.41) is 17.8. The van der Waals surface area contributed by atoms with E-state index in [4.69, 9.17) is 16.6 Å². The summed E-state index contributed by atoms with van der Waals surface area (Å²) in [5.74, 6) is 0.0541. The predicted molar refractivity (Wildman–Crippen MR) is 114 cm³/mol. The van der Waals surface area contributed by atoms with Gasteiger partial charge < -0.3 is 14.8 Å². The van der Waals surface area contributed by atoms with Gasteiger partial charge in [-0.25, -0.2) is 4.98 Å². The molecular formula is C20H15N3O3S2. The van der Waals surface area contributed by atoms with Crippen molar-refractivity contribution in [3.63, 3.8) is 0 Å². The third-order valence-electron chi connectivity index (χ3n) is 4.00. The Morgan fingerprint density at radius 1 is 1.21 bits per heavy atom. The Balaban J connectivity index is 1.56. The largest absolute Gasteiger partial charge is 0.507 e. The highest BCUT2D eigenvalue weighted by Gasteiger charge is 2.14. The molecule has 3 N–H and O–H groups in total. The summed E-state index contributed by atoms with van der Waals surface area (Å²) in [6.45, 7) is 1.97. The number of thiocarbonyl (C=S) groups is 1. The molecule has 28 heavy (non-hydrogen) atoms. The van der Waals surface area contributed by atoms with Gasteiger partial charge in [-0.1, -0.05) is 12.1 Å². The highest BCUT2D eigenvalue weighted by atomic mass is 32.1. The SMILES string of the molecule is Cc1ccc2nc(-c3cc(NC(=S)NC(=O)c4cccs4)ccc3O)oc2c1. The number of rotatable bonds is 3. The minimum atomic E-state index is -0.277. The van der Waals surface area contributed by atoms with Crippen molar-refractivity contribution in [2.24, 2.45) is 0 Å². The van der Waals surface area contributed by atoms with Gasteiger partial charge in [0, 0.05) is 5.69 Å². The summed E-state index contributed by atoms with van der Waals surface area (Å²) >= 11 is 6.54. The molecule has 0 bridgehead atoms. The third-order valence-corrected chi connectivity index (χ3v) is 5.07. The standard InChI is InChI=1S/C20H15N3O3S2/c1-11-4-6-14-16(9-11)26-19(22-14)13-10-12(5-7-15(13)24)21-20(27)23-18(25)17-3-2-8-28-17/h2-10,24H,1H3,(H2,21,23,25,27). The van der Waals surface area contributed by atoms with Gasteiger partial charge in [-0.3, -0.25) is 10.1 Å². The van der Waals surface area contributed by atoms with E-state index >= 15 is 0 Å². The average Bonchev–Trinajstić information content (AvgIpc) is 3.32. The molecule has 0 fully saturated rings. The number of oxazole rings is 1. The molecule has 0 spiro atoms. The summed E-state index contributed by atoms with van der Waals surface area (Å²) in [7, 11) is 0. The molecule has 1 amide bonds. The van der Waals surface area contributed by atoms with E-state index < -0.39 is 0 Å². The van der Waals surface area contributed by atoms with E-state index in [2.05, 4.69) is 15.6 Å². The van der Waals surface area contributed by atoms with Crippen molar-refractivity contribution in [3.05, 3.63) is 64.4 Å². The molecule has 4 aromatic rings. The fourth-order valence-electron chi connectivity index (χ4n) is 2.67. The predicted octanol–water partition coefficient (Wildman–Crippen LogP) is 4.70. The van der Waals surface area contributed by atoms with Crippen LogP contribution in [0.3, 0.4) is 0 Å². The number of hydrogen-bond donors (Lipinski definition) is 3. The minimum Gasteiger partial charge on any atom is -0.507 e. The second-order valence-electron chi connectivity index (χ2n) is 6.11. The van der Waals surface area contributed by atoms with E-state index in [1.54, 1.807) is 24.3 Å². The molecule has 0 aliphatic heterocycles. The number of nitrogens with zero attached hydrogens (tertiary/aromatic N) is 1. The van der Waals surface area contributed by atoms with Gasteiger partial charge in [0.2, 0.25) is 5.89 Å². The first-order valence-corrected chi connectivity index (χ1v) is 9.65. The number of nitrogens with one attached hydrogen (secondary N) is 2. The number of carbonyl (C=O) groups is 1. The van der Waals surface area contributed by atoms with Crippen LogP contribution in [-0.4, -0.2) is 21.1 Å². The molecule has 6 nitrogen and oxygen atoms in total. The van der Waals surface area contributed by atoms with Crippen LogP contribution >= 0.6 is 23.6 Å². The maximum atomic E-state index is 12.1. The molecule has 0 aliphatic rings. The Bertz CT molecular complexity index is 1180. The zero-order valence-corrected chi connectivity index (χ0v) is 16.4. The molecular weight excluding hydrogens is 394 g/mol. The number of hydrogen-bond acceptors (Lipinski definition) is 6. The van der Waals surface area contributed by atoms with E-state index in [0.29, 0.717) is 33.1 Å². The Labute approximate surface area is 169 Å². The number of carbonyl (C=O) groups excluding carboxylic acids is 1. The molecule has 0 saturated carbocycles. The normalized spacial score (nSPS) is 10.8. The Hall–Kier alpha value is -3.23. The summed E-state index contributed by atoms with van der Waals surface area (Å²) in [6.07, 6.45) is 0. The second kappa shape index (κ2) is 7.41. The zero-order chi connectivity index (χ0) is 19.7. The van der Waals surface area contributed by atoms with Crippen LogP contribution in [0.15, 0.2) is 58.3 Å². The molecule has 0 saturated heterocycles. The van der Waals surface area contributed by atoms with Gasteiger partial charge in [-0.2, -0.15) is 0 Å². The van der Waals surface area contributed by atoms with Gasteiger partial charge >= 0.3 is 0 Å². The monoisotopic (exact) mass is 409 g/mol. The van der Waals surface area contributed by atoms with E-state index in [0.717, 1.165) is 5.56 Å². The van der Waals surface area contributed by atoms with Crippen LogP contribution in [0.5, 0.6) is 5.75 Å². The quantitative estimate of drug-likeness (QED) is 0.336. The lowest BCUT2D eigenvalue weighted by molar-refractivity contribution is 0.0981. The molecule has 0 unspecified atom stereocenters. The molecule has 2 aromatic heterocycles. The first-order valence-electron chi connectivity index (χ1n) is 8.36. The smallest absolute Gasteiger partial charge is 0.267 e. The van der Waals surface area contributed by atoms with Gasteiger partial charge in [0.1, 0.15) is 11.3 Å². The number of anilines is 1. The van der Waals surface area contributed by atoms with E-state index in [9.17, 15) is 9.90 Å². The highest BCUT2D eigenvalue weighted by Crippen LogP contribution is 2.33. The maximum Gasteiger partial charge on any atom is 0.267 e. The lowest BCUT2D eigenvalue weighted by Crippen LogP contribution is -2.33. The third kappa shape index (κ3) is 3.73.